The predicted octanol–water partition coefficient (Wildman–Crippen LogP) is 3.22. The van der Waals surface area contributed by atoms with Gasteiger partial charge in [0.15, 0.2) is 0 Å². The van der Waals surface area contributed by atoms with Gasteiger partial charge in [-0.3, -0.25) is 9.59 Å². The van der Waals surface area contributed by atoms with E-state index in [1.807, 2.05) is 30.3 Å². The fraction of sp³-hybridized carbons (Fsp3) is 0.158. The summed E-state index contributed by atoms with van der Waals surface area (Å²) in [6.07, 6.45) is 2.45. The molecular weight excluding hydrogens is 304 g/mol. The highest BCUT2D eigenvalue weighted by molar-refractivity contribution is 5.94. The summed E-state index contributed by atoms with van der Waals surface area (Å²) < 4.78 is 5.26. The fourth-order valence-corrected chi connectivity index (χ4v) is 3.02. The van der Waals surface area contributed by atoms with Crippen LogP contribution < -0.4 is 5.56 Å². The number of nitrogens with zero attached hydrogens (tertiary/aromatic N) is 1. The molecule has 1 saturated heterocycles. The van der Waals surface area contributed by atoms with Crippen LogP contribution in [0.4, 0.5) is 0 Å². The second-order valence-corrected chi connectivity index (χ2v) is 5.81. The van der Waals surface area contributed by atoms with Crippen molar-refractivity contribution in [2.75, 3.05) is 6.54 Å². The smallest absolute Gasteiger partial charge is 0.261 e. The van der Waals surface area contributed by atoms with Crippen LogP contribution >= 0.6 is 0 Å². The van der Waals surface area contributed by atoms with Crippen molar-refractivity contribution in [3.8, 4) is 11.5 Å². The van der Waals surface area contributed by atoms with Crippen LogP contribution in [-0.2, 0) is 0 Å². The first kappa shape index (κ1) is 14.5. The van der Waals surface area contributed by atoms with Gasteiger partial charge in [-0.25, -0.2) is 0 Å². The van der Waals surface area contributed by atoms with Gasteiger partial charge >= 0.3 is 0 Å². The van der Waals surface area contributed by atoms with E-state index in [0.717, 1.165) is 12.0 Å². The van der Waals surface area contributed by atoms with E-state index in [-0.39, 0.29) is 17.5 Å². The number of H-pyrrole nitrogens is 1. The molecule has 1 atom stereocenters. The number of carbonyl (C=O) groups is 1. The summed E-state index contributed by atoms with van der Waals surface area (Å²) in [4.78, 5) is 29.5. The molecular formula is C19H16N2O3. The molecule has 0 radical (unpaired) electrons. The van der Waals surface area contributed by atoms with Gasteiger partial charge in [0, 0.05) is 6.54 Å². The monoisotopic (exact) mass is 320 g/mol. The molecule has 1 aliphatic rings. The molecule has 2 aromatic heterocycles. The minimum absolute atomic E-state index is 0.0443. The number of hydrogen-bond donors (Lipinski definition) is 1. The number of carbonyl (C=O) groups excluding carboxylic acids is 1. The van der Waals surface area contributed by atoms with Gasteiger partial charge < -0.3 is 14.3 Å². The largest absolute Gasteiger partial charge is 0.463 e. The lowest BCUT2D eigenvalue weighted by molar-refractivity contribution is 0.0458. The number of benzene rings is 1. The Balaban J connectivity index is 1.60. The Labute approximate surface area is 138 Å². The van der Waals surface area contributed by atoms with E-state index in [1.54, 1.807) is 29.2 Å². The summed E-state index contributed by atoms with van der Waals surface area (Å²) in [5.41, 5.74) is 1.42. The Morgan fingerprint density at radius 3 is 2.54 bits per heavy atom. The predicted molar refractivity (Wildman–Crippen MR) is 89.6 cm³/mol. The second kappa shape index (κ2) is 5.85. The third-order valence-corrected chi connectivity index (χ3v) is 4.39. The highest BCUT2D eigenvalue weighted by Crippen LogP contribution is 2.33. The SMILES string of the molecule is O=C(c1ccc(-c2ccco2)[nH]c1=O)N1CCC1c1ccccc1. The summed E-state index contributed by atoms with van der Waals surface area (Å²) >= 11 is 0. The molecule has 0 bridgehead atoms. The van der Waals surface area contributed by atoms with E-state index in [4.69, 9.17) is 4.42 Å². The Morgan fingerprint density at radius 1 is 1.08 bits per heavy atom. The standard InChI is InChI=1S/C19H16N2O3/c22-18-14(8-9-15(20-18)17-7-4-12-24-17)19(23)21-11-10-16(21)13-5-2-1-3-6-13/h1-9,12,16H,10-11H2,(H,20,22). The summed E-state index contributed by atoms with van der Waals surface area (Å²) in [5.74, 6) is 0.333. The molecule has 1 amide bonds. The van der Waals surface area contributed by atoms with E-state index < -0.39 is 5.56 Å². The number of aromatic amines is 1. The number of hydrogen-bond acceptors (Lipinski definition) is 3. The van der Waals surface area contributed by atoms with Crippen molar-refractivity contribution in [3.63, 3.8) is 0 Å². The molecule has 1 unspecified atom stereocenters. The first-order chi connectivity index (χ1) is 11.7. The molecule has 5 nitrogen and oxygen atoms in total. The summed E-state index contributed by atoms with van der Waals surface area (Å²) in [5, 5.41) is 0. The van der Waals surface area contributed by atoms with Crippen LogP contribution in [0.25, 0.3) is 11.5 Å². The van der Waals surface area contributed by atoms with Crippen LogP contribution in [-0.4, -0.2) is 22.3 Å². The number of aromatic nitrogens is 1. The highest BCUT2D eigenvalue weighted by Gasteiger charge is 2.34. The zero-order valence-corrected chi connectivity index (χ0v) is 12.9. The van der Waals surface area contributed by atoms with E-state index in [2.05, 4.69) is 4.98 Å². The van der Waals surface area contributed by atoms with Gasteiger partial charge in [-0.05, 0) is 36.2 Å². The van der Waals surface area contributed by atoms with Crippen LogP contribution in [0.2, 0.25) is 0 Å². The maximum absolute atomic E-state index is 12.7. The van der Waals surface area contributed by atoms with Gasteiger partial charge in [0.1, 0.15) is 11.3 Å². The number of rotatable bonds is 3. The molecule has 0 aliphatic carbocycles. The van der Waals surface area contributed by atoms with Crippen molar-refractivity contribution in [2.24, 2.45) is 0 Å². The van der Waals surface area contributed by atoms with E-state index in [1.165, 1.54) is 6.26 Å². The third kappa shape index (κ3) is 2.44. The first-order valence-electron chi connectivity index (χ1n) is 7.87. The van der Waals surface area contributed by atoms with Crippen LogP contribution in [0, 0.1) is 0 Å². The molecule has 1 fully saturated rings. The van der Waals surface area contributed by atoms with Gasteiger partial charge in [-0.2, -0.15) is 0 Å². The minimum atomic E-state index is -0.396. The lowest BCUT2D eigenvalue weighted by atomic mass is 9.94. The van der Waals surface area contributed by atoms with Crippen molar-refractivity contribution >= 4 is 5.91 Å². The summed E-state index contributed by atoms with van der Waals surface area (Å²) in [6.45, 7) is 0.664. The molecule has 24 heavy (non-hydrogen) atoms. The molecule has 120 valence electrons. The molecule has 3 heterocycles. The van der Waals surface area contributed by atoms with E-state index in [0.29, 0.717) is 18.0 Å². The molecule has 1 N–H and O–H groups in total. The van der Waals surface area contributed by atoms with Crippen molar-refractivity contribution < 1.29 is 9.21 Å². The van der Waals surface area contributed by atoms with Gasteiger partial charge in [0.05, 0.1) is 18.0 Å². The maximum Gasteiger partial charge on any atom is 0.261 e. The quantitative estimate of drug-likeness (QED) is 0.806. The van der Waals surface area contributed by atoms with Crippen molar-refractivity contribution in [1.29, 1.82) is 0 Å². The average molecular weight is 320 g/mol. The van der Waals surface area contributed by atoms with Crippen LogP contribution in [0.15, 0.2) is 70.1 Å². The van der Waals surface area contributed by atoms with Crippen LogP contribution in [0.1, 0.15) is 28.4 Å². The average Bonchev–Trinajstić information content (AvgIpc) is 3.09. The Bertz CT molecular complexity index is 913. The maximum atomic E-state index is 12.7. The van der Waals surface area contributed by atoms with E-state index in [9.17, 15) is 9.59 Å². The first-order valence-corrected chi connectivity index (χ1v) is 7.87. The second-order valence-electron chi connectivity index (χ2n) is 5.81. The Morgan fingerprint density at radius 2 is 1.92 bits per heavy atom. The Kier molecular flexibility index (Phi) is 3.54. The molecule has 0 saturated carbocycles. The highest BCUT2D eigenvalue weighted by atomic mass is 16.3. The Hall–Kier alpha value is -3.08. The zero-order chi connectivity index (χ0) is 16.5. The molecule has 1 aromatic carbocycles. The number of furan rings is 1. The topological polar surface area (TPSA) is 66.3 Å². The number of amides is 1. The molecule has 3 aromatic rings. The van der Waals surface area contributed by atoms with Crippen molar-refractivity contribution in [3.05, 3.63) is 82.3 Å². The van der Waals surface area contributed by atoms with Crippen LogP contribution in [0.5, 0.6) is 0 Å². The van der Waals surface area contributed by atoms with Gasteiger partial charge in [-0.15, -0.1) is 0 Å². The normalized spacial score (nSPS) is 16.7. The summed E-state index contributed by atoms with van der Waals surface area (Å²) in [7, 11) is 0. The summed E-state index contributed by atoms with van der Waals surface area (Å²) in [6, 6.07) is 16.7. The van der Waals surface area contributed by atoms with Gasteiger partial charge in [-0.1, -0.05) is 30.3 Å². The van der Waals surface area contributed by atoms with E-state index >= 15 is 0 Å². The number of likely N-dealkylation sites (tertiary alicyclic amines) is 1. The number of nitrogens with one attached hydrogen (secondary N) is 1. The molecule has 5 heteroatoms. The van der Waals surface area contributed by atoms with Gasteiger partial charge in [0.25, 0.3) is 11.5 Å². The van der Waals surface area contributed by atoms with Crippen molar-refractivity contribution in [2.45, 2.75) is 12.5 Å². The van der Waals surface area contributed by atoms with Gasteiger partial charge in [0.2, 0.25) is 0 Å². The lowest BCUT2D eigenvalue weighted by Crippen LogP contribution is -2.46. The fourth-order valence-electron chi connectivity index (χ4n) is 3.02. The minimum Gasteiger partial charge on any atom is -0.463 e. The molecule has 4 rings (SSSR count). The van der Waals surface area contributed by atoms with Crippen molar-refractivity contribution in [1.82, 2.24) is 9.88 Å². The molecule has 0 spiro atoms. The van der Waals surface area contributed by atoms with Crippen LogP contribution in [0.3, 0.4) is 0 Å². The third-order valence-electron chi connectivity index (χ3n) is 4.39. The number of pyridine rings is 1. The molecule has 1 aliphatic heterocycles. The zero-order valence-electron chi connectivity index (χ0n) is 12.9. The lowest BCUT2D eigenvalue weighted by Gasteiger charge is -2.41.